The van der Waals surface area contributed by atoms with Crippen LogP contribution in [-0.4, -0.2) is 25.0 Å². The number of amides is 1. The van der Waals surface area contributed by atoms with Crippen LogP contribution in [0.2, 0.25) is 0 Å². The Kier molecular flexibility index (Phi) is 3.84. The number of benzene rings is 1. The first-order valence-corrected chi connectivity index (χ1v) is 6.68. The maximum absolute atomic E-state index is 12.3. The molecule has 0 radical (unpaired) electrons. The minimum Gasteiger partial charge on any atom is -0.310 e. The van der Waals surface area contributed by atoms with Crippen molar-refractivity contribution >= 4 is 27.5 Å². The molecule has 3 nitrogen and oxygen atoms in total. The standard InChI is InChI=1S/C13H17BrN2O/c1-9-7-15-10(2)13(17)16(8-9)12-6-4-3-5-11(12)14/h3-6,9-10,15H,7-8H2,1-2H3. The molecule has 0 aromatic heterocycles. The van der Waals surface area contributed by atoms with Gasteiger partial charge in [0, 0.05) is 17.6 Å². The topological polar surface area (TPSA) is 32.3 Å². The van der Waals surface area contributed by atoms with Gasteiger partial charge in [0.1, 0.15) is 0 Å². The Morgan fingerprint density at radius 2 is 2.06 bits per heavy atom. The summed E-state index contributed by atoms with van der Waals surface area (Å²) in [6.07, 6.45) is 0. The largest absolute Gasteiger partial charge is 0.310 e. The van der Waals surface area contributed by atoms with E-state index in [9.17, 15) is 4.79 Å². The molecule has 17 heavy (non-hydrogen) atoms. The summed E-state index contributed by atoms with van der Waals surface area (Å²) < 4.78 is 0.967. The Morgan fingerprint density at radius 3 is 2.76 bits per heavy atom. The molecule has 92 valence electrons. The molecule has 1 amide bonds. The minimum atomic E-state index is -0.118. The summed E-state index contributed by atoms with van der Waals surface area (Å²) in [5.74, 6) is 0.595. The van der Waals surface area contributed by atoms with E-state index in [1.165, 1.54) is 0 Å². The minimum absolute atomic E-state index is 0.118. The second-order valence-corrected chi connectivity index (χ2v) is 5.49. The van der Waals surface area contributed by atoms with Gasteiger partial charge in [-0.25, -0.2) is 0 Å². The lowest BCUT2D eigenvalue weighted by molar-refractivity contribution is -0.119. The van der Waals surface area contributed by atoms with Crippen molar-refractivity contribution in [1.29, 1.82) is 0 Å². The Hall–Kier alpha value is -0.870. The number of nitrogens with one attached hydrogen (secondary N) is 1. The number of carbonyl (C=O) groups is 1. The number of hydrogen-bond acceptors (Lipinski definition) is 2. The van der Waals surface area contributed by atoms with Crippen LogP contribution >= 0.6 is 15.9 Å². The first kappa shape index (κ1) is 12.6. The number of nitrogens with zero attached hydrogens (tertiary/aromatic N) is 1. The molecule has 0 spiro atoms. The van der Waals surface area contributed by atoms with Crippen molar-refractivity contribution in [2.45, 2.75) is 19.9 Å². The van der Waals surface area contributed by atoms with Crippen LogP contribution in [0.1, 0.15) is 13.8 Å². The molecule has 1 aromatic carbocycles. The number of halogens is 1. The normalized spacial score (nSPS) is 25.8. The maximum atomic E-state index is 12.3. The Labute approximate surface area is 110 Å². The van der Waals surface area contributed by atoms with Gasteiger partial charge in [-0.2, -0.15) is 0 Å². The maximum Gasteiger partial charge on any atom is 0.243 e. The van der Waals surface area contributed by atoms with Crippen molar-refractivity contribution in [2.24, 2.45) is 5.92 Å². The van der Waals surface area contributed by atoms with Crippen molar-refractivity contribution in [3.8, 4) is 0 Å². The van der Waals surface area contributed by atoms with Gasteiger partial charge >= 0.3 is 0 Å². The van der Waals surface area contributed by atoms with Gasteiger partial charge in [-0.3, -0.25) is 4.79 Å². The summed E-state index contributed by atoms with van der Waals surface area (Å²) in [6, 6.07) is 7.75. The number of hydrogen-bond donors (Lipinski definition) is 1. The lowest BCUT2D eigenvalue weighted by Gasteiger charge is -2.25. The molecule has 0 aliphatic carbocycles. The third kappa shape index (κ3) is 2.69. The van der Waals surface area contributed by atoms with E-state index >= 15 is 0 Å². The predicted octanol–water partition coefficient (Wildman–Crippen LogP) is 2.41. The highest BCUT2D eigenvalue weighted by Gasteiger charge is 2.27. The number of para-hydroxylation sites is 1. The van der Waals surface area contributed by atoms with Gasteiger partial charge in [0.15, 0.2) is 0 Å². The quantitative estimate of drug-likeness (QED) is 0.863. The summed E-state index contributed by atoms with van der Waals surface area (Å²) in [5, 5.41) is 3.26. The highest BCUT2D eigenvalue weighted by Crippen LogP contribution is 2.27. The van der Waals surface area contributed by atoms with Crippen LogP contribution in [0.25, 0.3) is 0 Å². The van der Waals surface area contributed by atoms with E-state index in [0.717, 1.165) is 23.2 Å². The molecule has 4 heteroatoms. The van der Waals surface area contributed by atoms with Crippen LogP contribution in [0, 0.1) is 5.92 Å². The zero-order valence-corrected chi connectivity index (χ0v) is 11.7. The van der Waals surface area contributed by atoms with Crippen LogP contribution in [-0.2, 0) is 4.79 Å². The van der Waals surface area contributed by atoms with E-state index in [4.69, 9.17) is 0 Å². The van der Waals surface area contributed by atoms with E-state index < -0.39 is 0 Å². The van der Waals surface area contributed by atoms with Crippen molar-refractivity contribution in [1.82, 2.24) is 5.32 Å². The van der Waals surface area contributed by atoms with E-state index in [1.807, 2.05) is 36.1 Å². The highest BCUT2D eigenvalue weighted by molar-refractivity contribution is 9.10. The van der Waals surface area contributed by atoms with Gasteiger partial charge in [0.25, 0.3) is 0 Å². The van der Waals surface area contributed by atoms with Gasteiger partial charge in [-0.05, 0) is 40.9 Å². The molecule has 1 heterocycles. The van der Waals surface area contributed by atoms with Gasteiger partial charge in [0.2, 0.25) is 5.91 Å². The fourth-order valence-corrected chi connectivity index (χ4v) is 2.55. The first-order valence-electron chi connectivity index (χ1n) is 5.89. The number of carbonyl (C=O) groups excluding carboxylic acids is 1. The lowest BCUT2D eigenvalue weighted by Crippen LogP contribution is -2.41. The van der Waals surface area contributed by atoms with Crippen LogP contribution < -0.4 is 10.2 Å². The van der Waals surface area contributed by atoms with Gasteiger partial charge in [0.05, 0.1) is 11.7 Å². The zero-order chi connectivity index (χ0) is 12.4. The average molecular weight is 297 g/mol. The second kappa shape index (κ2) is 5.19. The third-order valence-corrected chi connectivity index (χ3v) is 3.72. The fraction of sp³-hybridized carbons (Fsp3) is 0.462. The van der Waals surface area contributed by atoms with Crippen LogP contribution in [0.3, 0.4) is 0 Å². The highest BCUT2D eigenvalue weighted by atomic mass is 79.9. The molecule has 2 atom stereocenters. The summed E-state index contributed by atoms with van der Waals surface area (Å²) in [6.45, 7) is 5.72. The summed E-state index contributed by atoms with van der Waals surface area (Å²) in [7, 11) is 0. The van der Waals surface area contributed by atoms with E-state index in [2.05, 4.69) is 28.2 Å². The van der Waals surface area contributed by atoms with Crippen molar-refractivity contribution in [2.75, 3.05) is 18.0 Å². The Morgan fingerprint density at radius 1 is 1.35 bits per heavy atom. The molecule has 2 unspecified atom stereocenters. The van der Waals surface area contributed by atoms with Crippen LogP contribution in [0.4, 0.5) is 5.69 Å². The fourth-order valence-electron chi connectivity index (χ4n) is 2.05. The summed E-state index contributed by atoms with van der Waals surface area (Å²) in [4.78, 5) is 14.2. The molecule has 1 aliphatic rings. The smallest absolute Gasteiger partial charge is 0.243 e. The molecule has 0 saturated carbocycles. The van der Waals surface area contributed by atoms with Gasteiger partial charge < -0.3 is 10.2 Å². The summed E-state index contributed by atoms with van der Waals surface area (Å²) in [5.41, 5.74) is 0.958. The van der Waals surface area contributed by atoms with Crippen LogP contribution in [0.15, 0.2) is 28.7 Å². The van der Waals surface area contributed by atoms with Crippen LogP contribution in [0.5, 0.6) is 0 Å². The summed E-state index contributed by atoms with van der Waals surface area (Å²) >= 11 is 3.51. The third-order valence-electron chi connectivity index (χ3n) is 3.05. The molecular weight excluding hydrogens is 280 g/mol. The van der Waals surface area contributed by atoms with Crippen molar-refractivity contribution in [3.05, 3.63) is 28.7 Å². The predicted molar refractivity (Wildman–Crippen MR) is 73.1 cm³/mol. The number of rotatable bonds is 1. The molecule has 1 N–H and O–H groups in total. The molecule has 2 rings (SSSR count). The van der Waals surface area contributed by atoms with E-state index in [0.29, 0.717) is 5.92 Å². The average Bonchev–Trinajstić information content (AvgIpc) is 2.44. The van der Waals surface area contributed by atoms with Crippen molar-refractivity contribution in [3.63, 3.8) is 0 Å². The molecule has 0 bridgehead atoms. The Balaban J connectivity index is 2.34. The van der Waals surface area contributed by atoms with E-state index in [1.54, 1.807) is 0 Å². The first-order chi connectivity index (χ1) is 8.09. The second-order valence-electron chi connectivity index (χ2n) is 4.64. The van der Waals surface area contributed by atoms with Gasteiger partial charge in [-0.1, -0.05) is 19.1 Å². The monoisotopic (exact) mass is 296 g/mol. The SMILES string of the molecule is CC1CNC(C)C(=O)N(c2ccccc2Br)C1. The number of anilines is 1. The van der Waals surface area contributed by atoms with E-state index in [-0.39, 0.29) is 11.9 Å². The molecule has 1 fully saturated rings. The molecule has 1 saturated heterocycles. The molecular formula is C13H17BrN2O. The zero-order valence-electron chi connectivity index (χ0n) is 10.1. The van der Waals surface area contributed by atoms with Gasteiger partial charge in [-0.15, -0.1) is 0 Å². The lowest BCUT2D eigenvalue weighted by atomic mass is 10.1. The molecule has 1 aliphatic heterocycles. The van der Waals surface area contributed by atoms with Crippen molar-refractivity contribution < 1.29 is 4.79 Å². The molecule has 1 aromatic rings. The Bertz CT molecular complexity index is 422.